The van der Waals surface area contributed by atoms with Crippen molar-refractivity contribution in [2.45, 2.75) is 108 Å². The largest absolute Gasteiger partial charge is 0.328 e. The fourth-order valence-electron chi connectivity index (χ4n) is 4.29. The number of benzene rings is 2. The summed E-state index contributed by atoms with van der Waals surface area (Å²) in [5, 5.41) is 1.43. The summed E-state index contributed by atoms with van der Waals surface area (Å²) in [5.41, 5.74) is 6.83. The molecule has 0 spiro atoms. The van der Waals surface area contributed by atoms with Gasteiger partial charge in [-0.1, -0.05) is 91.1 Å². The zero-order valence-corrected chi connectivity index (χ0v) is 21.0. The van der Waals surface area contributed by atoms with E-state index in [-0.39, 0.29) is 15.7 Å². The molecule has 1 fully saturated rings. The number of fused-ring (bicyclic) bond motifs is 1. The molecule has 0 saturated heterocycles. The summed E-state index contributed by atoms with van der Waals surface area (Å²) in [6.07, 6.45) is 8.32. The van der Waals surface area contributed by atoms with E-state index in [1.165, 1.54) is 32.1 Å². The second-order valence-corrected chi connectivity index (χ2v) is 11.6. The summed E-state index contributed by atoms with van der Waals surface area (Å²) in [5.74, 6) is 0. The van der Waals surface area contributed by atoms with Crippen LogP contribution in [0.1, 0.15) is 97.6 Å². The highest BCUT2D eigenvalue weighted by molar-refractivity contribution is 7.86. The molecule has 174 valence electrons. The van der Waals surface area contributed by atoms with E-state index >= 15 is 0 Å². The Morgan fingerprint density at radius 2 is 1.52 bits per heavy atom. The molecular formula is C26H41NO3S. The van der Waals surface area contributed by atoms with Gasteiger partial charge in [0.1, 0.15) is 4.90 Å². The molecule has 4 nitrogen and oxygen atoms in total. The van der Waals surface area contributed by atoms with E-state index in [0.717, 1.165) is 29.4 Å². The molecule has 0 amide bonds. The van der Waals surface area contributed by atoms with Gasteiger partial charge in [0.25, 0.3) is 10.1 Å². The van der Waals surface area contributed by atoms with E-state index in [2.05, 4.69) is 26.8 Å². The molecule has 3 N–H and O–H groups in total. The molecule has 2 aromatic carbocycles. The fourth-order valence-corrected chi connectivity index (χ4v) is 5.40. The van der Waals surface area contributed by atoms with E-state index < -0.39 is 10.1 Å². The van der Waals surface area contributed by atoms with Crippen molar-refractivity contribution in [3.8, 4) is 0 Å². The molecule has 2 aromatic rings. The summed E-state index contributed by atoms with van der Waals surface area (Å²) >= 11 is 0. The summed E-state index contributed by atoms with van der Waals surface area (Å²) in [6, 6.07) is 10.0. The number of nitrogens with two attached hydrogens (primary N) is 1. The van der Waals surface area contributed by atoms with Gasteiger partial charge in [-0.3, -0.25) is 4.55 Å². The third-order valence-corrected chi connectivity index (χ3v) is 8.02. The minimum absolute atomic E-state index is 0.0731. The van der Waals surface area contributed by atoms with Crippen LogP contribution in [0.2, 0.25) is 0 Å². The minimum Gasteiger partial charge on any atom is -0.328 e. The second-order valence-electron chi connectivity index (χ2n) is 10.2. The smallest absolute Gasteiger partial charge is 0.295 e. The lowest BCUT2D eigenvalue weighted by atomic mass is 9.70. The molecule has 1 aliphatic carbocycles. The highest BCUT2D eigenvalue weighted by atomic mass is 32.2. The molecule has 0 aliphatic heterocycles. The molecule has 0 bridgehead atoms. The number of rotatable bonds is 5. The SMILES string of the molecule is CCC(C)(C)c1cc2ccccc2c(S(=O)(=O)O)c1C(C)(C)CC.NC1CCCCC1. The molecule has 31 heavy (non-hydrogen) atoms. The molecule has 0 radical (unpaired) electrons. The molecule has 3 rings (SSSR count). The predicted molar refractivity (Wildman–Crippen MR) is 131 cm³/mol. The van der Waals surface area contributed by atoms with Crippen molar-refractivity contribution in [2.75, 3.05) is 0 Å². The van der Waals surface area contributed by atoms with Gasteiger partial charge in [-0.05, 0) is 53.0 Å². The van der Waals surface area contributed by atoms with Gasteiger partial charge >= 0.3 is 0 Å². The molecular weight excluding hydrogens is 406 g/mol. The standard InChI is InChI=1S/C20H28O3S.C6H13N/c1-7-19(3,4)16-13-14-11-9-10-12-15(14)18(24(21,22)23)17(16)20(5,6)8-2;7-6-4-2-1-3-5-6/h9-13H,7-8H2,1-6H3,(H,21,22,23);6H,1-5,7H2. The Balaban J connectivity index is 0.000000412. The first-order valence-corrected chi connectivity index (χ1v) is 13.1. The summed E-state index contributed by atoms with van der Waals surface area (Å²) < 4.78 is 34.8. The Morgan fingerprint density at radius 3 is 1.97 bits per heavy atom. The van der Waals surface area contributed by atoms with Crippen molar-refractivity contribution in [1.82, 2.24) is 0 Å². The first kappa shape index (κ1) is 25.8. The van der Waals surface area contributed by atoms with Crippen LogP contribution < -0.4 is 5.73 Å². The van der Waals surface area contributed by atoms with Gasteiger partial charge in [0.2, 0.25) is 0 Å². The van der Waals surface area contributed by atoms with Gasteiger partial charge < -0.3 is 5.73 Å². The quantitative estimate of drug-likeness (QED) is 0.497. The Hall–Kier alpha value is -1.43. The van der Waals surface area contributed by atoms with Crippen LogP contribution in [0.4, 0.5) is 0 Å². The minimum atomic E-state index is -4.34. The predicted octanol–water partition coefficient (Wildman–Crippen LogP) is 6.74. The maximum atomic E-state index is 12.4. The fraction of sp³-hybridized carbons (Fsp3) is 0.615. The van der Waals surface area contributed by atoms with E-state index in [1.807, 2.05) is 39.0 Å². The van der Waals surface area contributed by atoms with Crippen LogP contribution in [-0.2, 0) is 20.9 Å². The van der Waals surface area contributed by atoms with Crippen molar-refractivity contribution in [3.05, 3.63) is 41.5 Å². The van der Waals surface area contributed by atoms with Crippen LogP contribution in [0.5, 0.6) is 0 Å². The first-order chi connectivity index (χ1) is 14.3. The van der Waals surface area contributed by atoms with Gasteiger partial charge in [-0.15, -0.1) is 0 Å². The third kappa shape index (κ3) is 6.09. The van der Waals surface area contributed by atoms with Crippen LogP contribution in [0.3, 0.4) is 0 Å². The lowest BCUT2D eigenvalue weighted by Gasteiger charge is -2.35. The van der Waals surface area contributed by atoms with Crippen molar-refractivity contribution < 1.29 is 13.0 Å². The zero-order chi connectivity index (χ0) is 23.4. The van der Waals surface area contributed by atoms with E-state index in [9.17, 15) is 13.0 Å². The van der Waals surface area contributed by atoms with Crippen LogP contribution >= 0.6 is 0 Å². The second kappa shape index (κ2) is 10.0. The number of hydrogen-bond donors (Lipinski definition) is 2. The first-order valence-electron chi connectivity index (χ1n) is 11.6. The highest BCUT2D eigenvalue weighted by Crippen LogP contribution is 2.44. The topological polar surface area (TPSA) is 80.4 Å². The number of hydrogen-bond acceptors (Lipinski definition) is 3. The average Bonchev–Trinajstić information content (AvgIpc) is 2.72. The van der Waals surface area contributed by atoms with E-state index in [1.54, 1.807) is 6.07 Å². The highest BCUT2D eigenvalue weighted by Gasteiger charge is 2.35. The van der Waals surface area contributed by atoms with Crippen molar-refractivity contribution in [3.63, 3.8) is 0 Å². The third-order valence-electron chi connectivity index (χ3n) is 7.08. The molecule has 0 unspecified atom stereocenters. The van der Waals surface area contributed by atoms with Crippen molar-refractivity contribution >= 4 is 20.9 Å². The maximum absolute atomic E-state index is 12.4. The normalized spacial score (nSPS) is 16.1. The van der Waals surface area contributed by atoms with Gasteiger partial charge in [0.05, 0.1) is 0 Å². The zero-order valence-electron chi connectivity index (χ0n) is 20.2. The summed E-state index contributed by atoms with van der Waals surface area (Å²) in [4.78, 5) is 0.0731. The Labute approximate surface area is 189 Å². The van der Waals surface area contributed by atoms with Crippen molar-refractivity contribution in [2.24, 2.45) is 5.73 Å². The average molecular weight is 448 g/mol. The molecule has 1 saturated carbocycles. The molecule has 0 atom stereocenters. The summed E-state index contributed by atoms with van der Waals surface area (Å²) in [6.45, 7) is 12.5. The molecule has 0 heterocycles. The van der Waals surface area contributed by atoms with Crippen LogP contribution in [-0.4, -0.2) is 19.0 Å². The van der Waals surface area contributed by atoms with Crippen LogP contribution in [0, 0.1) is 0 Å². The van der Waals surface area contributed by atoms with Gasteiger partial charge in [-0.2, -0.15) is 8.42 Å². The van der Waals surface area contributed by atoms with Crippen molar-refractivity contribution in [1.29, 1.82) is 0 Å². The van der Waals surface area contributed by atoms with Crippen LogP contribution in [0.25, 0.3) is 10.8 Å². The lowest BCUT2D eigenvalue weighted by Crippen LogP contribution is -2.28. The Kier molecular flexibility index (Phi) is 8.34. The molecule has 0 aromatic heterocycles. The lowest BCUT2D eigenvalue weighted by molar-refractivity contribution is 0.439. The molecule has 1 aliphatic rings. The maximum Gasteiger partial charge on any atom is 0.295 e. The van der Waals surface area contributed by atoms with Gasteiger partial charge in [0.15, 0.2) is 0 Å². The Morgan fingerprint density at radius 1 is 0.968 bits per heavy atom. The molecule has 5 heteroatoms. The van der Waals surface area contributed by atoms with Crippen LogP contribution in [0.15, 0.2) is 35.2 Å². The van der Waals surface area contributed by atoms with E-state index in [4.69, 9.17) is 5.73 Å². The monoisotopic (exact) mass is 447 g/mol. The Bertz CT molecular complexity index is 987. The summed E-state index contributed by atoms with van der Waals surface area (Å²) in [7, 11) is -4.34. The van der Waals surface area contributed by atoms with Gasteiger partial charge in [-0.25, -0.2) is 0 Å². The van der Waals surface area contributed by atoms with E-state index in [0.29, 0.717) is 11.4 Å². The van der Waals surface area contributed by atoms with Gasteiger partial charge in [0, 0.05) is 11.4 Å².